The summed E-state index contributed by atoms with van der Waals surface area (Å²) in [5.74, 6) is -2.09. The predicted molar refractivity (Wildman–Crippen MR) is 66.6 cm³/mol. The normalized spacial score (nSPS) is 12.2. The smallest absolute Gasteiger partial charge is 0.408 e. The van der Waals surface area contributed by atoms with E-state index in [0.29, 0.717) is 0 Å². The van der Waals surface area contributed by atoms with E-state index in [9.17, 15) is 14.4 Å². The Morgan fingerprint density at radius 2 is 1.95 bits per heavy atom. The van der Waals surface area contributed by atoms with Gasteiger partial charge in [0.15, 0.2) is 0 Å². The van der Waals surface area contributed by atoms with E-state index in [1.54, 1.807) is 20.8 Å². The van der Waals surface area contributed by atoms with Crippen molar-refractivity contribution < 1.29 is 29.0 Å². The van der Waals surface area contributed by atoms with Gasteiger partial charge in [-0.1, -0.05) is 12.7 Å². The molecule has 1 amide bonds. The van der Waals surface area contributed by atoms with Gasteiger partial charge in [0.1, 0.15) is 18.2 Å². The van der Waals surface area contributed by atoms with Crippen LogP contribution in [0.5, 0.6) is 0 Å². The molecule has 0 rings (SSSR count). The molecule has 7 heteroatoms. The summed E-state index contributed by atoms with van der Waals surface area (Å²) in [7, 11) is 0. The molecule has 0 aromatic heterocycles. The maximum atomic E-state index is 11.4. The first kappa shape index (κ1) is 16.9. The lowest BCUT2D eigenvalue weighted by molar-refractivity contribution is -0.148. The molecule has 0 aliphatic heterocycles. The van der Waals surface area contributed by atoms with Crippen LogP contribution in [0.3, 0.4) is 0 Å². The van der Waals surface area contributed by atoms with E-state index in [1.807, 2.05) is 0 Å². The molecule has 2 N–H and O–H groups in total. The minimum atomic E-state index is -1.40. The fourth-order valence-electron chi connectivity index (χ4n) is 1.03. The Morgan fingerprint density at radius 3 is 2.37 bits per heavy atom. The van der Waals surface area contributed by atoms with Crippen molar-refractivity contribution in [1.82, 2.24) is 5.32 Å². The van der Waals surface area contributed by atoms with Crippen molar-refractivity contribution in [3.05, 3.63) is 12.7 Å². The second kappa shape index (κ2) is 7.40. The third kappa shape index (κ3) is 8.64. The van der Waals surface area contributed by atoms with Gasteiger partial charge in [0.05, 0.1) is 6.42 Å². The number of nitrogens with one attached hydrogen (secondary N) is 1. The number of hydrogen-bond donors (Lipinski definition) is 2. The molecule has 0 fully saturated rings. The van der Waals surface area contributed by atoms with Crippen LogP contribution in [0.15, 0.2) is 12.7 Å². The van der Waals surface area contributed by atoms with Gasteiger partial charge in [-0.05, 0) is 20.8 Å². The van der Waals surface area contributed by atoms with E-state index in [2.05, 4.69) is 16.6 Å². The summed E-state index contributed by atoms with van der Waals surface area (Å²) in [6, 6.07) is -1.40. The molecule has 0 bridgehead atoms. The van der Waals surface area contributed by atoms with Crippen molar-refractivity contribution >= 4 is 18.0 Å². The monoisotopic (exact) mass is 273 g/mol. The average Bonchev–Trinajstić information content (AvgIpc) is 2.22. The molecule has 1 unspecified atom stereocenters. The Balaban J connectivity index is 4.42. The van der Waals surface area contributed by atoms with Crippen molar-refractivity contribution in [3.8, 4) is 0 Å². The topological polar surface area (TPSA) is 102 Å². The number of ether oxygens (including phenoxy) is 2. The van der Waals surface area contributed by atoms with Crippen molar-refractivity contribution in [2.45, 2.75) is 38.8 Å². The van der Waals surface area contributed by atoms with E-state index in [4.69, 9.17) is 9.84 Å². The van der Waals surface area contributed by atoms with Gasteiger partial charge in [0.25, 0.3) is 0 Å². The third-order valence-electron chi connectivity index (χ3n) is 1.72. The molecule has 0 saturated heterocycles. The number of alkyl carbamates (subject to hydrolysis) is 1. The molecule has 0 spiro atoms. The van der Waals surface area contributed by atoms with Crippen LogP contribution in [-0.4, -0.2) is 41.4 Å². The number of amides is 1. The van der Waals surface area contributed by atoms with Crippen LogP contribution in [0, 0.1) is 0 Å². The Labute approximate surface area is 111 Å². The highest BCUT2D eigenvalue weighted by atomic mass is 16.6. The summed E-state index contributed by atoms with van der Waals surface area (Å²) >= 11 is 0. The van der Waals surface area contributed by atoms with Crippen molar-refractivity contribution in [2.75, 3.05) is 6.61 Å². The van der Waals surface area contributed by atoms with Crippen LogP contribution in [0.2, 0.25) is 0 Å². The second-order valence-corrected chi connectivity index (χ2v) is 4.71. The van der Waals surface area contributed by atoms with E-state index >= 15 is 0 Å². The van der Waals surface area contributed by atoms with Crippen LogP contribution < -0.4 is 5.32 Å². The second-order valence-electron chi connectivity index (χ2n) is 4.71. The first-order valence-electron chi connectivity index (χ1n) is 5.64. The lowest BCUT2D eigenvalue weighted by Crippen LogP contribution is -2.44. The molecular formula is C12H19NO6. The highest BCUT2D eigenvalue weighted by molar-refractivity contribution is 5.85. The Bertz CT molecular complexity index is 358. The van der Waals surface area contributed by atoms with Crippen LogP contribution in [0.1, 0.15) is 27.2 Å². The zero-order valence-corrected chi connectivity index (χ0v) is 11.3. The van der Waals surface area contributed by atoms with E-state index in [0.717, 1.165) is 0 Å². The average molecular weight is 273 g/mol. The summed E-state index contributed by atoms with van der Waals surface area (Å²) in [5, 5.41) is 11.0. The van der Waals surface area contributed by atoms with Gasteiger partial charge in [0, 0.05) is 0 Å². The largest absolute Gasteiger partial charge is 0.480 e. The van der Waals surface area contributed by atoms with Crippen LogP contribution in [0.4, 0.5) is 4.79 Å². The summed E-state index contributed by atoms with van der Waals surface area (Å²) in [4.78, 5) is 33.6. The summed E-state index contributed by atoms with van der Waals surface area (Å²) in [6.45, 7) is 8.25. The standard InChI is InChI=1S/C12H19NO6/c1-5-6-18-9(14)7-8(10(15)16)13-11(17)19-12(2,3)4/h5,8H,1,6-7H2,2-4H3,(H,13,17)(H,15,16). The van der Waals surface area contributed by atoms with Crippen molar-refractivity contribution in [1.29, 1.82) is 0 Å². The summed E-state index contributed by atoms with van der Waals surface area (Å²) in [6.07, 6.45) is -0.0337. The quantitative estimate of drug-likeness (QED) is 0.554. The zero-order valence-electron chi connectivity index (χ0n) is 11.3. The highest BCUT2D eigenvalue weighted by Gasteiger charge is 2.26. The minimum Gasteiger partial charge on any atom is -0.480 e. The number of esters is 1. The van der Waals surface area contributed by atoms with Gasteiger partial charge in [-0.25, -0.2) is 9.59 Å². The van der Waals surface area contributed by atoms with E-state index < -0.39 is 36.1 Å². The van der Waals surface area contributed by atoms with Gasteiger partial charge in [-0.15, -0.1) is 0 Å². The van der Waals surface area contributed by atoms with Gasteiger partial charge in [-0.2, -0.15) is 0 Å². The molecule has 19 heavy (non-hydrogen) atoms. The summed E-state index contributed by atoms with van der Waals surface area (Å²) < 4.78 is 9.54. The first-order valence-corrected chi connectivity index (χ1v) is 5.64. The number of rotatable bonds is 6. The maximum absolute atomic E-state index is 11.4. The SMILES string of the molecule is C=CCOC(=O)CC(NC(=O)OC(C)(C)C)C(=O)O. The molecule has 1 atom stereocenters. The molecule has 0 saturated carbocycles. The number of carboxylic acids is 1. The molecular weight excluding hydrogens is 254 g/mol. The number of carbonyl (C=O) groups is 3. The van der Waals surface area contributed by atoms with Gasteiger partial charge in [0.2, 0.25) is 0 Å². The van der Waals surface area contributed by atoms with E-state index in [1.165, 1.54) is 6.08 Å². The van der Waals surface area contributed by atoms with Crippen molar-refractivity contribution in [2.24, 2.45) is 0 Å². The molecule has 0 aromatic rings. The Kier molecular flexibility index (Phi) is 6.60. The zero-order chi connectivity index (χ0) is 15.1. The van der Waals surface area contributed by atoms with Gasteiger partial charge >= 0.3 is 18.0 Å². The molecule has 0 aliphatic rings. The Hall–Kier alpha value is -2.05. The van der Waals surface area contributed by atoms with E-state index in [-0.39, 0.29) is 6.61 Å². The molecule has 108 valence electrons. The van der Waals surface area contributed by atoms with Crippen molar-refractivity contribution in [3.63, 3.8) is 0 Å². The number of aliphatic carboxylic acids is 1. The maximum Gasteiger partial charge on any atom is 0.408 e. The first-order chi connectivity index (χ1) is 8.65. The molecule has 0 radical (unpaired) electrons. The van der Waals surface area contributed by atoms with Crippen LogP contribution in [0.25, 0.3) is 0 Å². The van der Waals surface area contributed by atoms with Crippen LogP contribution >= 0.6 is 0 Å². The fourth-order valence-corrected chi connectivity index (χ4v) is 1.03. The lowest BCUT2D eigenvalue weighted by Gasteiger charge is -2.21. The predicted octanol–water partition coefficient (Wildman–Crippen LogP) is 1.08. The van der Waals surface area contributed by atoms with Gasteiger partial charge in [-0.3, -0.25) is 4.79 Å². The number of carboxylic acid groups (broad SMARTS) is 1. The number of hydrogen-bond acceptors (Lipinski definition) is 5. The highest BCUT2D eigenvalue weighted by Crippen LogP contribution is 2.07. The van der Waals surface area contributed by atoms with Crippen LogP contribution in [-0.2, 0) is 19.1 Å². The molecule has 7 nitrogen and oxygen atoms in total. The molecule has 0 aliphatic carbocycles. The Morgan fingerprint density at radius 1 is 1.37 bits per heavy atom. The molecule has 0 heterocycles. The minimum absolute atomic E-state index is 0.0163. The molecule has 0 aromatic carbocycles. The number of carbonyl (C=O) groups excluding carboxylic acids is 2. The fraction of sp³-hybridized carbons (Fsp3) is 0.583. The van der Waals surface area contributed by atoms with Gasteiger partial charge < -0.3 is 19.9 Å². The lowest BCUT2D eigenvalue weighted by atomic mass is 10.2. The summed E-state index contributed by atoms with van der Waals surface area (Å²) in [5.41, 5.74) is -0.753. The third-order valence-corrected chi connectivity index (χ3v) is 1.72.